The van der Waals surface area contributed by atoms with E-state index in [0.29, 0.717) is 6.10 Å². The highest BCUT2D eigenvalue weighted by Gasteiger charge is 2.31. The Labute approximate surface area is 116 Å². The lowest BCUT2D eigenvalue weighted by molar-refractivity contribution is -0.148. The second kappa shape index (κ2) is 7.82. The maximum absolute atomic E-state index is 11.7. The third-order valence-electron chi connectivity index (χ3n) is 3.94. The predicted octanol–water partition coefficient (Wildman–Crippen LogP) is 1.03. The summed E-state index contributed by atoms with van der Waals surface area (Å²) in [4.78, 5) is 14.0. The van der Waals surface area contributed by atoms with Gasteiger partial charge in [0.25, 0.3) is 0 Å². The summed E-state index contributed by atoms with van der Waals surface area (Å²) in [6, 6.07) is 0. The summed E-state index contributed by atoms with van der Waals surface area (Å²) < 4.78 is 10.5. The van der Waals surface area contributed by atoms with Crippen molar-refractivity contribution in [1.82, 2.24) is 10.2 Å². The molecule has 0 amide bonds. The van der Waals surface area contributed by atoms with Gasteiger partial charge >= 0.3 is 5.97 Å². The maximum atomic E-state index is 11.7. The van der Waals surface area contributed by atoms with E-state index in [-0.39, 0.29) is 5.97 Å². The predicted molar refractivity (Wildman–Crippen MR) is 75.2 cm³/mol. The highest BCUT2D eigenvalue weighted by molar-refractivity contribution is 5.80. The van der Waals surface area contributed by atoms with Gasteiger partial charge in [-0.1, -0.05) is 0 Å². The van der Waals surface area contributed by atoms with Gasteiger partial charge in [0, 0.05) is 13.2 Å². The van der Waals surface area contributed by atoms with Crippen LogP contribution < -0.4 is 5.32 Å². The summed E-state index contributed by atoms with van der Waals surface area (Å²) in [5.74, 6) is -0.197. The fourth-order valence-corrected chi connectivity index (χ4v) is 2.48. The van der Waals surface area contributed by atoms with Crippen LogP contribution in [0.5, 0.6) is 0 Å². The van der Waals surface area contributed by atoms with E-state index in [0.717, 1.165) is 32.5 Å². The summed E-state index contributed by atoms with van der Waals surface area (Å²) in [6.45, 7) is 4.74. The number of ether oxygens (including phenoxy) is 2. The fraction of sp³-hybridized carbons (Fsp3) is 0.929. The number of methoxy groups -OCH3 is 1. The van der Waals surface area contributed by atoms with E-state index in [1.165, 1.54) is 20.0 Å². The molecule has 0 bridgehead atoms. The van der Waals surface area contributed by atoms with E-state index < -0.39 is 5.54 Å². The van der Waals surface area contributed by atoms with Crippen molar-refractivity contribution in [3.05, 3.63) is 0 Å². The average molecular weight is 272 g/mol. The minimum absolute atomic E-state index is 0.197. The number of carbonyl (C=O) groups excluding carboxylic acids is 1. The molecule has 1 N–H and O–H groups in total. The third kappa shape index (κ3) is 5.09. The van der Waals surface area contributed by atoms with Gasteiger partial charge in [-0.25, -0.2) is 0 Å². The molecular formula is C14H28N2O3. The van der Waals surface area contributed by atoms with E-state index >= 15 is 0 Å². The first-order chi connectivity index (χ1) is 9.01. The van der Waals surface area contributed by atoms with Crippen LogP contribution in [0.2, 0.25) is 0 Å². The molecule has 1 rings (SSSR count). The number of hydrogen-bond acceptors (Lipinski definition) is 5. The number of likely N-dealkylation sites (N-methyl/N-ethyl adjacent to an activating group) is 2. The molecule has 1 heterocycles. The number of carbonyl (C=O) groups is 1. The quantitative estimate of drug-likeness (QED) is 0.669. The first kappa shape index (κ1) is 16.4. The highest BCUT2D eigenvalue weighted by Crippen LogP contribution is 2.16. The van der Waals surface area contributed by atoms with Crippen LogP contribution in [0.15, 0.2) is 0 Å². The first-order valence-electron chi connectivity index (χ1n) is 7.09. The van der Waals surface area contributed by atoms with Crippen LogP contribution >= 0.6 is 0 Å². The van der Waals surface area contributed by atoms with Gasteiger partial charge in [-0.2, -0.15) is 0 Å². The van der Waals surface area contributed by atoms with Crippen molar-refractivity contribution >= 4 is 5.97 Å². The van der Waals surface area contributed by atoms with Crippen molar-refractivity contribution in [1.29, 1.82) is 0 Å². The molecule has 0 aliphatic carbocycles. The number of esters is 1. The Morgan fingerprint density at radius 1 is 1.58 bits per heavy atom. The molecular weight excluding hydrogens is 244 g/mol. The molecule has 1 aliphatic heterocycles. The monoisotopic (exact) mass is 272 g/mol. The molecule has 1 fully saturated rings. The first-order valence-corrected chi connectivity index (χ1v) is 7.09. The molecule has 112 valence electrons. The van der Waals surface area contributed by atoms with Gasteiger partial charge in [0.1, 0.15) is 5.54 Å². The van der Waals surface area contributed by atoms with Crippen molar-refractivity contribution < 1.29 is 14.3 Å². The molecule has 2 atom stereocenters. The zero-order valence-corrected chi connectivity index (χ0v) is 12.7. The molecule has 0 aromatic heterocycles. The summed E-state index contributed by atoms with van der Waals surface area (Å²) in [5, 5.41) is 3.06. The fourth-order valence-electron chi connectivity index (χ4n) is 2.48. The standard InChI is InChI=1S/C14H28N2O3/c1-14(15-2,13(17)18-4)8-6-9-16(3)11-12-7-5-10-19-12/h12,15H,5-11H2,1-4H3. The molecule has 1 aliphatic rings. The van der Waals surface area contributed by atoms with Crippen molar-refractivity contribution in [2.24, 2.45) is 0 Å². The lowest BCUT2D eigenvalue weighted by Crippen LogP contribution is -2.48. The van der Waals surface area contributed by atoms with Crippen LogP contribution in [0.25, 0.3) is 0 Å². The number of hydrogen-bond donors (Lipinski definition) is 1. The van der Waals surface area contributed by atoms with Crippen molar-refractivity contribution in [2.75, 3.05) is 40.9 Å². The minimum Gasteiger partial charge on any atom is -0.468 e. The Hall–Kier alpha value is -0.650. The van der Waals surface area contributed by atoms with Gasteiger partial charge in [0.2, 0.25) is 0 Å². The van der Waals surface area contributed by atoms with E-state index in [4.69, 9.17) is 9.47 Å². The van der Waals surface area contributed by atoms with Gasteiger partial charge in [-0.05, 0) is 53.2 Å². The van der Waals surface area contributed by atoms with Crippen molar-refractivity contribution in [2.45, 2.75) is 44.2 Å². The highest BCUT2D eigenvalue weighted by atomic mass is 16.5. The zero-order chi connectivity index (χ0) is 14.3. The lowest BCUT2D eigenvalue weighted by atomic mass is 9.96. The zero-order valence-electron chi connectivity index (χ0n) is 12.7. The molecule has 5 heteroatoms. The normalized spacial score (nSPS) is 22.5. The topological polar surface area (TPSA) is 50.8 Å². The van der Waals surface area contributed by atoms with Crippen LogP contribution in [-0.4, -0.2) is 63.4 Å². The van der Waals surface area contributed by atoms with E-state index in [2.05, 4.69) is 17.3 Å². The van der Waals surface area contributed by atoms with Crippen molar-refractivity contribution in [3.8, 4) is 0 Å². The average Bonchev–Trinajstić information content (AvgIpc) is 2.90. The molecule has 0 aromatic rings. The SMILES string of the molecule is CNC(C)(CCCN(C)CC1CCCO1)C(=O)OC. The van der Waals surface area contributed by atoms with Crippen LogP contribution in [0.1, 0.15) is 32.6 Å². The lowest BCUT2D eigenvalue weighted by Gasteiger charge is -2.27. The van der Waals surface area contributed by atoms with E-state index in [1.807, 2.05) is 6.92 Å². The Morgan fingerprint density at radius 3 is 2.84 bits per heavy atom. The van der Waals surface area contributed by atoms with Crippen LogP contribution in [0.4, 0.5) is 0 Å². The maximum Gasteiger partial charge on any atom is 0.325 e. The molecule has 5 nitrogen and oxygen atoms in total. The number of nitrogens with zero attached hydrogens (tertiary/aromatic N) is 1. The Balaban J connectivity index is 2.25. The second-order valence-electron chi connectivity index (χ2n) is 5.57. The van der Waals surface area contributed by atoms with Gasteiger partial charge in [0.05, 0.1) is 13.2 Å². The minimum atomic E-state index is -0.584. The molecule has 19 heavy (non-hydrogen) atoms. The number of rotatable bonds is 8. The molecule has 1 saturated heterocycles. The molecule has 0 radical (unpaired) electrons. The largest absolute Gasteiger partial charge is 0.468 e. The van der Waals surface area contributed by atoms with E-state index in [1.54, 1.807) is 7.05 Å². The molecule has 0 saturated carbocycles. The Morgan fingerprint density at radius 2 is 2.32 bits per heavy atom. The summed E-state index contributed by atoms with van der Waals surface area (Å²) in [5.41, 5.74) is -0.584. The molecule has 2 unspecified atom stereocenters. The molecule has 0 aromatic carbocycles. The van der Waals surface area contributed by atoms with Gasteiger partial charge in [0.15, 0.2) is 0 Å². The Kier molecular flexibility index (Phi) is 6.75. The van der Waals surface area contributed by atoms with Gasteiger partial charge in [-0.3, -0.25) is 4.79 Å². The van der Waals surface area contributed by atoms with Crippen molar-refractivity contribution in [3.63, 3.8) is 0 Å². The van der Waals surface area contributed by atoms with Crippen LogP contribution in [-0.2, 0) is 14.3 Å². The van der Waals surface area contributed by atoms with Gasteiger partial charge < -0.3 is 19.7 Å². The van der Waals surface area contributed by atoms with Crippen LogP contribution in [0, 0.1) is 0 Å². The Bertz CT molecular complexity index is 280. The second-order valence-corrected chi connectivity index (χ2v) is 5.57. The summed E-state index contributed by atoms with van der Waals surface area (Å²) in [6.07, 6.45) is 4.46. The van der Waals surface area contributed by atoms with E-state index in [9.17, 15) is 4.79 Å². The third-order valence-corrected chi connectivity index (χ3v) is 3.94. The van der Waals surface area contributed by atoms with Crippen LogP contribution in [0.3, 0.4) is 0 Å². The molecule has 0 spiro atoms. The number of nitrogens with one attached hydrogen (secondary N) is 1. The van der Waals surface area contributed by atoms with Gasteiger partial charge in [-0.15, -0.1) is 0 Å². The smallest absolute Gasteiger partial charge is 0.325 e. The summed E-state index contributed by atoms with van der Waals surface area (Å²) in [7, 11) is 5.34. The summed E-state index contributed by atoms with van der Waals surface area (Å²) >= 11 is 0.